The van der Waals surface area contributed by atoms with E-state index in [4.69, 9.17) is 16.3 Å². The van der Waals surface area contributed by atoms with E-state index in [0.29, 0.717) is 15.9 Å². The summed E-state index contributed by atoms with van der Waals surface area (Å²) in [5.41, 5.74) is 0. The predicted octanol–water partition coefficient (Wildman–Crippen LogP) is 2.81. The lowest BCUT2D eigenvalue weighted by atomic mass is 10.3. The van der Waals surface area contributed by atoms with Crippen LogP contribution in [0.1, 0.15) is 0 Å². The van der Waals surface area contributed by atoms with Gasteiger partial charge in [0, 0.05) is 16.6 Å². The van der Waals surface area contributed by atoms with Crippen LogP contribution in [0.25, 0.3) is 0 Å². The van der Waals surface area contributed by atoms with Gasteiger partial charge in [-0.25, -0.2) is 4.98 Å². The molecule has 6 heteroatoms. The molecule has 1 amide bonds. The van der Waals surface area contributed by atoms with Crippen LogP contribution < -0.4 is 10.1 Å². The molecule has 0 aliphatic heterocycles. The van der Waals surface area contributed by atoms with Crippen molar-refractivity contribution in [2.24, 2.45) is 0 Å². The molecule has 0 aliphatic rings. The molecule has 1 heterocycles. The molecule has 4 nitrogen and oxygen atoms in total. The first kappa shape index (κ1) is 11.9. The van der Waals surface area contributed by atoms with Crippen LogP contribution in [0, 0.1) is 0 Å². The van der Waals surface area contributed by atoms with Crippen LogP contribution in [0.15, 0.2) is 35.8 Å². The summed E-state index contributed by atoms with van der Waals surface area (Å²) in [6, 6.07) is 6.82. The van der Waals surface area contributed by atoms with Crippen LogP contribution in [0.5, 0.6) is 5.75 Å². The topological polar surface area (TPSA) is 51.2 Å². The van der Waals surface area contributed by atoms with Gasteiger partial charge in [0.2, 0.25) is 0 Å². The van der Waals surface area contributed by atoms with Crippen molar-refractivity contribution < 1.29 is 9.53 Å². The maximum absolute atomic E-state index is 11.5. The van der Waals surface area contributed by atoms with Crippen molar-refractivity contribution in [3.05, 3.63) is 40.9 Å². The average molecular weight is 269 g/mol. The Labute approximate surface area is 107 Å². The number of nitrogens with zero attached hydrogens (tertiary/aromatic N) is 1. The van der Waals surface area contributed by atoms with Crippen LogP contribution in [0.3, 0.4) is 0 Å². The third-order valence-corrected chi connectivity index (χ3v) is 2.80. The average Bonchev–Trinajstić information content (AvgIpc) is 2.81. The molecule has 17 heavy (non-hydrogen) atoms. The van der Waals surface area contributed by atoms with Gasteiger partial charge in [0.15, 0.2) is 11.7 Å². The third-order valence-electron chi connectivity index (χ3n) is 1.86. The molecule has 0 aliphatic carbocycles. The van der Waals surface area contributed by atoms with Gasteiger partial charge in [0.05, 0.1) is 0 Å². The molecule has 0 unspecified atom stereocenters. The zero-order valence-electron chi connectivity index (χ0n) is 8.72. The first-order valence-electron chi connectivity index (χ1n) is 4.82. The summed E-state index contributed by atoms with van der Waals surface area (Å²) in [4.78, 5) is 15.4. The minimum atomic E-state index is -0.241. The van der Waals surface area contributed by atoms with Gasteiger partial charge in [-0.3, -0.25) is 10.1 Å². The number of anilines is 1. The maximum atomic E-state index is 11.5. The highest BCUT2D eigenvalue weighted by Gasteiger charge is 2.04. The van der Waals surface area contributed by atoms with E-state index in [2.05, 4.69) is 10.3 Å². The Balaban J connectivity index is 1.82. The normalized spacial score (nSPS) is 9.94. The number of hydrogen-bond donors (Lipinski definition) is 1. The van der Waals surface area contributed by atoms with Gasteiger partial charge < -0.3 is 4.74 Å². The number of amides is 1. The fraction of sp³-hybridized carbons (Fsp3) is 0.0909. The SMILES string of the molecule is O=C(COc1ccc(Cl)cc1)Nc1nccs1. The maximum Gasteiger partial charge on any atom is 0.264 e. The molecule has 2 rings (SSSR count). The molecule has 1 N–H and O–H groups in total. The lowest BCUT2D eigenvalue weighted by molar-refractivity contribution is -0.118. The number of nitrogens with one attached hydrogen (secondary N) is 1. The Morgan fingerprint density at radius 3 is 2.82 bits per heavy atom. The van der Waals surface area contributed by atoms with Crippen molar-refractivity contribution in [2.45, 2.75) is 0 Å². The summed E-state index contributed by atoms with van der Waals surface area (Å²) < 4.78 is 5.28. The third kappa shape index (κ3) is 3.72. The lowest BCUT2D eigenvalue weighted by Crippen LogP contribution is -2.19. The van der Waals surface area contributed by atoms with Crippen molar-refractivity contribution in [3.63, 3.8) is 0 Å². The van der Waals surface area contributed by atoms with Gasteiger partial charge in [-0.1, -0.05) is 11.6 Å². The van der Waals surface area contributed by atoms with E-state index < -0.39 is 0 Å². The first-order chi connectivity index (χ1) is 8.24. The van der Waals surface area contributed by atoms with Crippen molar-refractivity contribution in [1.82, 2.24) is 4.98 Å². The summed E-state index contributed by atoms with van der Waals surface area (Å²) >= 11 is 7.09. The molecule has 1 aromatic carbocycles. The highest BCUT2D eigenvalue weighted by Crippen LogP contribution is 2.15. The van der Waals surface area contributed by atoms with Gasteiger partial charge >= 0.3 is 0 Å². The fourth-order valence-corrected chi connectivity index (χ4v) is 1.79. The van der Waals surface area contributed by atoms with E-state index in [1.165, 1.54) is 11.3 Å². The standard InChI is InChI=1S/C11H9ClN2O2S/c12-8-1-3-9(4-2-8)16-7-10(15)14-11-13-5-6-17-11/h1-6H,7H2,(H,13,14,15). The molecule has 0 bridgehead atoms. The largest absolute Gasteiger partial charge is 0.484 e. The second-order valence-electron chi connectivity index (χ2n) is 3.13. The molecule has 0 radical (unpaired) electrons. The van der Waals surface area contributed by atoms with Gasteiger partial charge in [0.1, 0.15) is 5.75 Å². The second-order valence-corrected chi connectivity index (χ2v) is 4.46. The molecule has 0 atom stereocenters. The summed E-state index contributed by atoms with van der Waals surface area (Å²) in [6.45, 7) is -0.0544. The van der Waals surface area contributed by atoms with Crippen LogP contribution in [-0.2, 0) is 4.79 Å². The van der Waals surface area contributed by atoms with Crippen molar-refractivity contribution in [2.75, 3.05) is 11.9 Å². The monoisotopic (exact) mass is 268 g/mol. The number of ether oxygens (including phenoxy) is 1. The van der Waals surface area contributed by atoms with E-state index in [1.54, 1.807) is 35.8 Å². The summed E-state index contributed by atoms with van der Waals surface area (Å²) in [7, 11) is 0. The zero-order chi connectivity index (χ0) is 12.1. The quantitative estimate of drug-likeness (QED) is 0.928. The Morgan fingerprint density at radius 2 is 2.18 bits per heavy atom. The van der Waals surface area contributed by atoms with E-state index in [1.807, 2.05) is 0 Å². The minimum Gasteiger partial charge on any atom is -0.484 e. The Bertz CT molecular complexity index is 485. The number of hydrogen-bond acceptors (Lipinski definition) is 4. The highest BCUT2D eigenvalue weighted by atomic mass is 35.5. The number of carbonyl (C=O) groups is 1. The number of aromatic nitrogens is 1. The van der Waals surface area contributed by atoms with Crippen LogP contribution in [-0.4, -0.2) is 17.5 Å². The Morgan fingerprint density at radius 1 is 1.41 bits per heavy atom. The fourth-order valence-electron chi connectivity index (χ4n) is 1.12. The molecular weight excluding hydrogens is 260 g/mol. The minimum absolute atomic E-state index is 0.0544. The van der Waals surface area contributed by atoms with Crippen LogP contribution >= 0.6 is 22.9 Å². The zero-order valence-corrected chi connectivity index (χ0v) is 10.3. The summed E-state index contributed by atoms with van der Waals surface area (Å²) in [5.74, 6) is 0.360. The van der Waals surface area contributed by atoms with E-state index in [0.717, 1.165) is 0 Å². The van der Waals surface area contributed by atoms with E-state index in [9.17, 15) is 4.79 Å². The summed E-state index contributed by atoms with van der Waals surface area (Å²) in [5, 5.41) is 5.60. The van der Waals surface area contributed by atoms with Gasteiger partial charge in [-0.05, 0) is 24.3 Å². The van der Waals surface area contributed by atoms with Crippen molar-refractivity contribution in [1.29, 1.82) is 0 Å². The van der Waals surface area contributed by atoms with Gasteiger partial charge in [-0.2, -0.15) is 0 Å². The van der Waals surface area contributed by atoms with E-state index in [-0.39, 0.29) is 12.5 Å². The highest BCUT2D eigenvalue weighted by molar-refractivity contribution is 7.13. The number of thiazole rings is 1. The summed E-state index contributed by atoms with van der Waals surface area (Å²) in [6.07, 6.45) is 1.63. The van der Waals surface area contributed by atoms with Gasteiger partial charge in [-0.15, -0.1) is 11.3 Å². The molecule has 0 fully saturated rings. The smallest absolute Gasteiger partial charge is 0.264 e. The second kappa shape index (κ2) is 5.65. The molecule has 2 aromatic rings. The molecule has 0 saturated carbocycles. The molecule has 1 aromatic heterocycles. The number of halogens is 1. The Kier molecular flexibility index (Phi) is 3.95. The lowest BCUT2D eigenvalue weighted by Gasteiger charge is -2.05. The first-order valence-corrected chi connectivity index (χ1v) is 6.07. The number of rotatable bonds is 4. The van der Waals surface area contributed by atoms with Crippen LogP contribution in [0.2, 0.25) is 5.02 Å². The number of carbonyl (C=O) groups excluding carboxylic acids is 1. The van der Waals surface area contributed by atoms with Crippen molar-refractivity contribution >= 4 is 34.0 Å². The van der Waals surface area contributed by atoms with Crippen LogP contribution in [0.4, 0.5) is 5.13 Å². The molecule has 88 valence electrons. The van der Waals surface area contributed by atoms with Gasteiger partial charge in [0.25, 0.3) is 5.91 Å². The molecule has 0 saturated heterocycles. The molecule has 0 spiro atoms. The molecular formula is C11H9ClN2O2S. The van der Waals surface area contributed by atoms with Crippen molar-refractivity contribution in [3.8, 4) is 5.75 Å². The number of benzene rings is 1. The predicted molar refractivity (Wildman–Crippen MR) is 67.7 cm³/mol. The Hall–Kier alpha value is -1.59. The van der Waals surface area contributed by atoms with E-state index >= 15 is 0 Å².